The summed E-state index contributed by atoms with van der Waals surface area (Å²) in [4.78, 5) is 4.48. The van der Waals surface area contributed by atoms with Crippen molar-refractivity contribution in [1.82, 2.24) is 0 Å². The third kappa shape index (κ3) is 4.17. The maximum Gasteiger partial charge on any atom is 0.114 e. The van der Waals surface area contributed by atoms with Crippen LogP contribution in [0.2, 0.25) is 0 Å². The van der Waals surface area contributed by atoms with Crippen LogP contribution in [0.25, 0.3) is 0 Å². The second kappa shape index (κ2) is 6.92. The van der Waals surface area contributed by atoms with Crippen molar-refractivity contribution in [2.24, 2.45) is 5.90 Å². The first kappa shape index (κ1) is 11.6. The molecule has 0 saturated heterocycles. The minimum absolute atomic E-state index is 0.630. The molecule has 3 nitrogen and oxygen atoms in total. The van der Waals surface area contributed by atoms with E-state index in [0.29, 0.717) is 6.61 Å². The van der Waals surface area contributed by atoms with Crippen molar-refractivity contribution in [2.45, 2.75) is 25.5 Å². The van der Waals surface area contributed by atoms with Gasteiger partial charge in [0, 0.05) is 6.42 Å². The van der Waals surface area contributed by atoms with Crippen LogP contribution in [-0.4, -0.2) is 12.4 Å². The molecule has 0 unspecified atom stereocenters. The van der Waals surface area contributed by atoms with Crippen LogP contribution in [0.15, 0.2) is 16.5 Å². The van der Waals surface area contributed by atoms with Crippen molar-refractivity contribution in [3.8, 4) is 0 Å². The van der Waals surface area contributed by atoms with Crippen LogP contribution in [-0.2, 0) is 17.0 Å². The molecule has 14 heavy (non-hydrogen) atoms. The molecule has 0 spiro atoms. The predicted octanol–water partition coefficient (Wildman–Crippen LogP) is 2.36. The molecule has 2 N–H and O–H groups in total. The van der Waals surface area contributed by atoms with Crippen molar-refractivity contribution in [2.75, 3.05) is 12.4 Å². The van der Waals surface area contributed by atoms with Crippen molar-refractivity contribution in [3.63, 3.8) is 0 Å². The monoisotopic (exact) mass is 215 g/mol. The van der Waals surface area contributed by atoms with Crippen LogP contribution in [0.5, 0.6) is 0 Å². The number of hydrogen-bond acceptors (Lipinski definition) is 4. The summed E-state index contributed by atoms with van der Waals surface area (Å²) in [5.74, 6) is 9.02. The van der Waals surface area contributed by atoms with E-state index in [2.05, 4.69) is 11.8 Å². The van der Waals surface area contributed by atoms with Crippen molar-refractivity contribution in [3.05, 3.63) is 23.7 Å². The van der Waals surface area contributed by atoms with E-state index in [1.807, 2.05) is 23.9 Å². The molecule has 1 aromatic rings. The number of thioether (sulfide) groups is 1. The number of rotatable bonds is 7. The lowest BCUT2D eigenvalue weighted by Gasteiger charge is -1.98. The minimum atomic E-state index is 0.630. The van der Waals surface area contributed by atoms with Crippen LogP contribution in [0, 0.1) is 0 Å². The first-order valence-electron chi connectivity index (χ1n) is 4.83. The Bertz CT molecular complexity index is 250. The molecule has 0 aromatic carbocycles. The fourth-order valence-electron chi connectivity index (χ4n) is 1.11. The maximum atomic E-state index is 5.56. The molecule has 0 fully saturated rings. The lowest BCUT2D eigenvalue weighted by atomic mass is 10.4. The van der Waals surface area contributed by atoms with E-state index in [4.69, 9.17) is 10.3 Å². The Morgan fingerprint density at radius 2 is 2.21 bits per heavy atom. The summed E-state index contributed by atoms with van der Waals surface area (Å²) in [6, 6.07) is 4.09. The Kier molecular flexibility index (Phi) is 5.75. The topological polar surface area (TPSA) is 48.4 Å². The summed E-state index contributed by atoms with van der Waals surface area (Å²) in [6.45, 7) is 2.72. The average molecular weight is 215 g/mol. The van der Waals surface area contributed by atoms with Gasteiger partial charge in [-0.3, -0.25) is 0 Å². The number of nitrogens with two attached hydrogens (primary N) is 1. The second-order valence-electron chi connectivity index (χ2n) is 3.00. The van der Waals surface area contributed by atoms with Crippen LogP contribution in [0.3, 0.4) is 0 Å². The molecule has 1 rings (SSSR count). The van der Waals surface area contributed by atoms with Gasteiger partial charge in [-0.1, -0.05) is 6.92 Å². The van der Waals surface area contributed by atoms with E-state index in [-0.39, 0.29) is 0 Å². The van der Waals surface area contributed by atoms with Gasteiger partial charge in [0.25, 0.3) is 0 Å². The van der Waals surface area contributed by atoms with E-state index in [1.54, 1.807) is 0 Å². The third-order valence-electron chi connectivity index (χ3n) is 1.86. The number of furan rings is 1. The van der Waals surface area contributed by atoms with Crippen LogP contribution < -0.4 is 5.90 Å². The summed E-state index contributed by atoms with van der Waals surface area (Å²) >= 11 is 1.84. The van der Waals surface area contributed by atoms with Gasteiger partial charge in [-0.2, -0.15) is 11.8 Å². The summed E-state index contributed by atoms with van der Waals surface area (Å²) in [5.41, 5.74) is 0. The number of hydrogen-bond donors (Lipinski definition) is 1. The molecule has 0 atom stereocenters. The molecule has 0 radical (unpaired) electrons. The quantitative estimate of drug-likeness (QED) is 0.560. The minimum Gasteiger partial charge on any atom is -0.465 e. The Morgan fingerprint density at radius 1 is 1.43 bits per heavy atom. The zero-order chi connectivity index (χ0) is 10.2. The summed E-state index contributed by atoms with van der Waals surface area (Å²) in [6.07, 6.45) is 1.95. The molecule has 0 aliphatic heterocycles. The fourth-order valence-corrected chi connectivity index (χ4v) is 1.93. The first-order chi connectivity index (χ1) is 6.86. The largest absolute Gasteiger partial charge is 0.465 e. The van der Waals surface area contributed by atoms with Gasteiger partial charge >= 0.3 is 0 Å². The summed E-state index contributed by atoms with van der Waals surface area (Å²) < 4.78 is 5.56. The molecule has 1 heterocycles. The van der Waals surface area contributed by atoms with E-state index in [0.717, 1.165) is 35.9 Å². The van der Waals surface area contributed by atoms with Gasteiger partial charge in [-0.25, -0.2) is 5.90 Å². The fraction of sp³-hybridized carbons (Fsp3) is 0.600. The molecule has 1 aromatic heterocycles. The zero-order valence-corrected chi connectivity index (χ0v) is 9.31. The molecule has 0 bridgehead atoms. The van der Waals surface area contributed by atoms with Gasteiger partial charge in [0.2, 0.25) is 0 Å². The van der Waals surface area contributed by atoms with Crippen LogP contribution >= 0.6 is 11.8 Å². The Morgan fingerprint density at radius 3 is 2.86 bits per heavy atom. The van der Waals surface area contributed by atoms with Gasteiger partial charge in [0.1, 0.15) is 11.5 Å². The zero-order valence-electron chi connectivity index (χ0n) is 8.49. The van der Waals surface area contributed by atoms with E-state index < -0.39 is 0 Å². The molecule has 0 aliphatic carbocycles. The Balaban J connectivity index is 2.12. The smallest absolute Gasteiger partial charge is 0.114 e. The van der Waals surface area contributed by atoms with Gasteiger partial charge in [-0.15, -0.1) is 0 Å². The summed E-state index contributed by atoms with van der Waals surface area (Å²) in [5, 5.41) is 0. The van der Waals surface area contributed by atoms with Gasteiger partial charge in [0.05, 0.1) is 12.4 Å². The Hall–Kier alpha value is -0.450. The highest BCUT2D eigenvalue weighted by molar-refractivity contribution is 7.98. The van der Waals surface area contributed by atoms with Crippen molar-refractivity contribution < 1.29 is 9.25 Å². The standard InChI is InChI=1S/C10H17NO2S/c1-2-9-4-5-10(13-9)8-14-7-3-6-12-11/h4-5H,2-3,6-8,11H2,1H3. The lowest BCUT2D eigenvalue weighted by molar-refractivity contribution is 0.139. The van der Waals surface area contributed by atoms with E-state index in [1.165, 1.54) is 0 Å². The third-order valence-corrected chi connectivity index (χ3v) is 2.93. The van der Waals surface area contributed by atoms with Gasteiger partial charge < -0.3 is 9.25 Å². The van der Waals surface area contributed by atoms with E-state index >= 15 is 0 Å². The van der Waals surface area contributed by atoms with Gasteiger partial charge in [-0.05, 0) is 24.3 Å². The van der Waals surface area contributed by atoms with E-state index in [9.17, 15) is 0 Å². The Labute approximate surface area is 88.9 Å². The number of aryl methyl sites for hydroxylation is 1. The van der Waals surface area contributed by atoms with Crippen molar-refractivity contribution in [1.29, 1.82) is 0 Å². The second-order valence-corrected chi connectivity index (χ2v) is 4.10. The lowest BCUT2D eigenvalue weighted by Crippen LogP contribution is -2.01. The maximum absolute atomic E-state index is 5.56. The predicted molar refractivity (Wildman–Crippen MR) is 59.0 cm³/mol. The average Bonchev–Trinajstić information content (AvgIpc) is 2.65. The molecule has 80 valence electrons. The molecule has 4 heteroatoms. The van der Waals surface area contributed by atoms with Crippen molar-refractivity contribution >= 4 is 11.8 Å². The van der Waals surface area contributed by atoms with Crippen LogP contribution in [0.4, 0.5) is 0 Å². The van der Waals surface area contributed by atoms with Gasteiger partial charge in [0.15, 0.2) is 0 Å². The molecule has 0 amide bonds. The van der Waals surface area contributed by atoms with Crippen LogP contribution in [0.1, 0.15) is 24.9 Å². The molecular weight excluding hydrogens is 198 g/mol. The molecular formula is C10H17NO2S. The summed E-state index contributed by atoms with van der Waals surface area (Å²) in [7, 11) is 0. The highest BCUT2D eigenvalue weighted by Gasteiger charge is 1.99. The SMILES string of the molecule is CCc1ccc(CSCCCON)o1. The highest BCUT2D eigenvalue weighted by Crippen LogP contribution is 2.16. The molecule has 0 saturated carbocycles. The normalized spacial score (nSPS) is 10.7. The first-order valence-corrected chi connectivity index (χ1v) is 5.99. The highest BCUT2D eigenvalue weighted by atomic mass is 32.2. The molecule has 0 aliphatic rings.